The highest BCUT2D eigenvalue weighted by molar-refractivity contribution is 5.85. The molecule has 7 heteroatoms. The van der Waals surface area contributed by atoms with Crippen molar-refractivity contribution >= 4 is 24.1 Å². The number of benzene rings is 1. The summed E-state index contributed by atoms with van der Waals surface area (Å²) in [5.41, 5.74) is 1.89. The minimum Gasteiger partial charge on any atom is -0.367 e. The smallest absolute Gasteiger partial charge is 0.237 e. The average Bonchev–Trinajstić information content (AvgIpc) is 3.15. The molecule has 0 aliphatic carbocycles. The third-order valence-electron chi connectivity index (χ3n) is 3.84. The lowest BCUT2D eigenvalue weighted by Crippen LogP contribution is -2.42. The van der Waals surface area contributed by atoms with Gasteiger partial charge in [0.25, 0.3) is 0 Å². The molecular formula is C17H22ClN5O. The van der Waals surface area contributed by atoms with Crippen LogP contribution in [0, 0.1) is 0 Å². The molecule has 24 heavy (non-hydrogen) atoms. The summed E-state index contributed by atoms with van der Waals surface area (Å²) < 4.78 is 0. The van der Waals surface area contributed by atoms with Crippen LogP contribution in [-0.4, -0.2) is 41.8 Å². The van der Waals surface area contributed by atoms with Crippen molar-refractivity contribution in [2.45, 2.75) is 18.9 Å². The molecule has 1 saturated heterocycles. The molecule has 1 aromatic carbocycles. The molecule has 0 radical (unpaired) electrons. The topological polar surface area (TPSA) is 78.9 Å². The number of anilines is 1. The minimum atomic E-state index is -0.0278. The van der Waals surface area contributed by atoms with E-state index in [-0.39, 0.29) is 24.4 Å². The van der Waals surface area contributed by atoms with Crippen molar-refractivity contribution in [3.05, 3.63) is 42.5 Å². The van der Waals surface area contributed by atoms with Gasteiger partial charge >= 0.3 is 0 Å². The van der Waals surface area contributed by atoms with E-state index in [0.29, 0.717) is 18.9 Å². The van der Waals surface area contributed by atoms with Crippen molar-refractivity contribution in [2.75, 3.05) is 25.0 Å². The Morgan fingerprint density at radius 1 is 1.12 bits per heavy atom. The van der Waals surface area contributed by atoms with E-state index in [1.54, 1.807) is 0 Å². The predicted octanol–water partition coefficient (Wildman–Crippen LogP) is 1.85. The third kappa shape index (κ3) is 4.91. The second kappa shape index (κ2) is 9.20. The zero-order valence-corrected chi connectivity index (χ0v) is 14.2. The number of carbonyl (C=O) groups excluding carboxylic acids is 1. The van der Waals surface area contributed by atoms with E-state index in [2.05, 4.69) is 26.1 Å². The van der Waals surface area contributed by atoms with Crippen LogP contribution in [0.2, 0.25) is 0 Å². The molecule has 128 valence electrons. The first-order chi connectivity index (χ1) is 11.3. The predicted molar refractivity (Wildman–Crippen MR) is 97.2 cm³/mol. The van der Waals surface area contributed by atoms with Crippen LogP contribution in [0.25, 0.3) is 11.3 Å². The van der Waals surface area contributed by atoms with E-state index in [1.807, 2.05) is 42.5 Å². The quantitative estimate of drug-likeness (QED) is 0.695. The molecule has 0 saturated carbocycles. The first kappa shape index (κ1) is 18.2. The van der Waals surface area contributed by atoms with Gasteiger partial charge in [0.1, 0.15) is 5.82 Å². The number of nitrogens with one attached hydrogen (secondary N) is 3. The normalized spacial score (nSPS) is 16.2. The molecule has 2 heterocycles. The first-order valence-electron chi connectivity index (χ1n) is 7.97. The second-order valence-corrected chi connectivity index (χ2v) is 5.54. The van der Waals surface area contributed by atoms with Crippen LogP contribution < -0.4 is 16.0 Å². The van der Waals surface area contributed by atoms with Crippen molar-refractivity contribution in [3.63, 3.8) is 0 Å². The summed E-state index contributed by atoms with van der Waals surface area (Å²) in [6.45, 7) is 2.12. The molecule has 3 N–H and O–H groups in total. The molecule has 1 amide bonds. The monoisotopic (exact) mass is 347 g/mol. The van der Waals surface area contributed by atoms with Crippen molar-refractivity contribution in [1.82, 2.24) is 20.8 Å². The van der Waals surface area contributed by atoms with E-state index < -0.39 is 0 Å². The highest BCUT2D eigenvalue weighted by atomic mass is 35.5. The summed E-state index contributed by atoms with van der Waals surface area (Å²) in [6.07, 6.45) is 1.99. The molecule has 3 rings (SSSR count). The van der Waals surface area contributed by atoms with Gasteiger partial charge in [0.2, 0.25) is 5.91 Å². The number of hydrogen-bond donors (Lipinski definition) is 3. The van der Waals surface area contributed by atoms with Crippen LogP contribution in [0.3, 0.4) is 0 Å². The number of carbonyl (C=O) groups is 1. The molecule has 0 spiro atoms. The van der Waals surface area contributed by atoms with Gasteiger partial charge < -0.3 is 16.0 Å². The van der Waals surface area contributed by atoms with Gasteiger partial charge in [-0.15, -0.1) is 22.6 Å². The van der Waals surface area contributed by atoms with E-state index in [4.69, 9.17) is 0 Å². The van der Waals surface area contributed by atoms with Crippen molar-refractivity contribution in [1.29, 1.82) is 0 Å². The zero-order valence-electron chi connectivity index (χ0n) is 13.4. The molecule has 1 atom stereocenters. The Morgan fingerprint density at radius 2 is 1.96 bits per heavy atom. The Bertz CT molecular complexity index is 629. The van der Waals surface area contributed by atoms with Gasteiger partial charge in [0, 0.05) is 18.7 Å². The molecule has 1 aliphatic heterocycles. The highest BCUT2D eigenvalue weighted by Gasteiger charge is 2.21. The molecule has 0 bridgehead atoms. The maximum absolute atomic E-state index is 11.8. The van der Waals surface area contributed by atoms with Crippen LogP contribution >= 0.6 is 12.4 Å². The molecule has 1 aromatic heterocycles. The molecular weight excluding hydrogens is 326 g/mol. The zero-order chi connectivity index (χ0) is 15.9. The SMILES string of the molecule is Cl.O=C(NCCNc1ccc(-c2ccccc2)nn1)C1CCCN1. The summed E-state index contributed by atoms with van der Waals surface area (Å²) in [4.78, 5) is 11.8. The van der Waals surface area contributed by atoms with E-state index in [1.165, 1.54) is 0 Å². The molecule has 1 fully saturated rings. The van der Waals surface area contributed by atoms with Crippen LogP contribution in [0.15, 0.2) is 42.5 Å². The Balaban J connectivity index is 0.00000208. The van der Waals surface area contributed by atoms with Crippen molar-refractivity contribution < 1.29 is 4.79 Å². The second-order valence-electron chi connectivity index (χ2n) is 5.54. The Morgan fingerprint density at radius 3 is 2.62 bits per heavy atom. The fraction of sp³-hybridized carbons (Fsp3) is 0.353. The first-order valence-corrected chi connectivity index (χ1v) is 7.97. The number of aromatic nitrogens is 2. The maximum atomic E-state index is 11.8. The van der Waals surface area contributed by atoms with Crippen LogP contribution in [0.5, 0.6) is 0 Å². The van der Waals surface area contributed by atoms with Crippen molar-refractivity contribution in [3.8, 4) is 11.3 Å². The van der Waals surface area contributed by atoms with Gasteiger partial charge in [-0.1, -0.05) is 30.3 Å². The van der Waals surface area contributed by atoms with E-state index >= 15 is 0 Å². The van der Waals surface area contributed by atoms with Crippen LogP contribution in [0.4, 0.5) is 5.82 Å². The van der Waals surface area contributed by atoms with Crippen LogP contribution in [-0.2, 0) is 4.79 Å². The van der Waals surface area contributed by atoms with Gasteiger partial charge in [0.05, 0.1) is 11.7 Å². The Kier molecular flexibility index (Phi) is 6.96. The van der Waals surface area contributed by atoms with E-state index in [0.717, 1.165) is 30.6 Å². The highest BCUT2D eigenvalue weighted by Crippen LogP contribution is 2.15. The minimum absolute atomic E-state index is 0. The maximum Gasteiger partial charge on any atom is 0.237 e. The van der Waals surface area contributed by atoms with Crippen molar-refractivity contribution in [2.24, 2.45) is 0 Å². The Hall–Kier alpha value is -2.18. The van der Waals surface area contributed by atoms with Crippen LogP contribution in [0.1, 0.15) is 12.8 Å². The summed E-state index contributed by atoms with van der Waals surface area (Å²) in [5, 5.41) is 17.6. The number of rotatable bonds is 6. The average molecular weight is 348 g/mol. The van der Waals surface area contributed by atoms with Gasteiger partial charge in [-0.3, -0.25) is 4.79 Å². The number of halogens is 1. The fourth-order valence-corrected chi connectivity index (χ4v) is 2.60. The Labute approximate surface area is 147 Å². The molecule has 2 aromatic rings. The van der Waals surface area contributed by atoms with Gasteiger partial charge in [-0.25, -0.2) is 0 Å². The summed E-state index contributed by atoms with van der Waals surface area (Å²) >= 11 is 0. The fourth-order valence-electron chi connectivity index (χ4n) is 2.60. The lowest BCUT2D eigenvalue weighted by molar-refractivity contribution is -0.122. The summed E-state index contributed by atoms with van der Waals surface area (Å²) in [6, 6.07) is 13.7. The molecule has 1 aliphatic rings. The lowest BCUT2D eigenvalue weighted by Gasteiger charge is -2.11. The number of hydrogen-bond acceptors (Lipinski definition) is 5. The number of amides is 1. The number of nitrogens with zero attached hydrogens (tertiary/aromatic N) is 2. The molecule has 6 nitrogen and oxygen atoms in total. The van der Waals surface area contributed by atoms with Gasteiger partial charge in [-0.05, 0) is 31.5 Å². The summed E-state index contributed by atoms with van der Waals surface area (Å²) in [5.74, 6) is 0.785. The third-order valence-corrected chi connectivity index (χ3v) is 3.84. The van der Waals surface area contributed by atoms with Gasteiger partial charge in [-0.2, -0.15) is 0 Å². The standard InChI is InChI=1S/C17H21N5O.ClH/c23-17(15-7-4-10-18-15)20-12-11-19-16-9-8-14(21-22-16)13-5-2-1-3-6-13;/h1-3,5-6,8-9,15,18H,4,7,10-12H2,(H,19,22)(H,20,23);1H. The summed E-state index contributed by atoms with van der Waals surface area (Å²) in [7, 11) is 0. The molecule has 1 unspecified atom stereocenters. The largest absolute Gasteiger partial charge is 0.367 e. The van der Waals surface area contributed by atoms with E-state index in [9.17, 15) is 4.79 Å². The van der Waals surface area contributed by atoms with Gasteiger partial charge in [0.15, 0.2) is 0 Å². The lowest BCUT2D eigenvalue weighted by atomic mass is 10.1.